The Morgan fingerprint density at radius 2 is 1.71 bits per heavy atom. The van der Waals surface area contributed by atoms with Crippen LogP contribution in [0.4, 0.5) is 0 Å². The minimum atomic E-state index is -0.257. The maximum absolute atomic E-state index is 12.1. The molecule has 0 fully saturated rings. The second-order valence-corrected chi connectivity index (χ2v) is 5.47. The number of carbonyl (C=O) groups is 2. The quantitative estimate of drug-likeness (QED) is 0.730. The van der Waals surface area contributed by atoms with Crippen molar-refractivity contribution in [1.29, 1.82) is 0 Å². The smallest absolute Gasteiger partial charge is 0.220 e. The average Bonchev–Trinajstić information content (AvgIpc) is 2.64. The van der Waals surface area contributed by atoms with Gasteiger partial charge in [0.25, 0.3) is 0 Å². The predicted molar refractivity (Wildman–Crippen MR) is 92.9 cm³/mol. The SMILES string of the molecule is COc1ccc(C(=O)CCC(=O)NCC(N)c2ccccc2)cc1. The summed E-state index contributed by atoms with van der Waals surface area (Å²) in [6.45, 7) is 0.347. The summed E-state index contributed by atoms with van der Waals surface area (Å²) < 4.78 is 5.05. The number of rotatable bonds is 8. The van der Waals surface area contributed by atoms with Crippen LogP contribution in [0.2, 0.25) is 0 Å². The van der Waals surface area contributed by atoms with Gasteiger partial charge in [0.05, 0.1) is 7.11 Å². The summed E-state index contributed by atoms with van der Waals surface area (Å²) in [4.78, 5) is 23.9. The van der Waals surface area contributed by atoms with Crippen molar-refractivity contribution in [3.63, 3.8) is 0 Å². The zero-order valence-electron chi connectivity index (χ0n) is 13.7. The number of ether oxygens (including phenoxy) is 1. The van der Waals surface area contributed by atoms with Gasteiger partial charge in [-0.1, -0.05) is 30.3 Å². The van der Waals surface area contributed by atoms with E-state index in [0.29, 0.717) is 17.9 Å². The lowest BCUT2D eigenvalue weighted by atomic mass is 10.1. The summed E-state index contributed by atoms with van der Waals surface area (Å²) in [6.07, 6.45) is 0.311. The van der Waals surface area contributed by atoms with E-state index in [2.05, 4.69) is 5.32 Å². The van der Waals surface area contributed by atoms with Gasteiger partial charge in [0.2, 0.25) is 5.91 Å². The summed E-state index contributed by atoms with van der Waals surface area (Å²) in [5.41, 5.74) is 7.56. The molecule has 0 bridgehead atoms. The molecule has 0 aromatic heterocycles. The van der Waals surface area contributed by atoms with Gasteiger partial charge < -0.3 is 15.8 Å². The third kappa shape index (κ3) is 5.21. The van der Waals surface area contributed by atoms with Crippen LogP contribution in [0.15, 0.2) is 54.6 Å². The highest BCUT2D eigenvalue weighted by Crippen LogP contribution is 2.13. The van der Waals surface area contributed by atoms with Crippen molar-refractivity contribution in [3.05, 3.63) is 65.7 Å². The van der Waals surface area contributed by atoms with Gasteiger partial charge in [0, 0.05) is 31.0 Å². The highest BCUT2D eigenvalue weighted by Gasteiger charge is 2.11. The van der Waals surface area contributed by atoms with Gasteiger partial charge in [-0.15, -0.1) is 0 Å². The van der Waals surface area contributed by atoms with Gasteiger partial charge in [-0.25, -0.2) is 0 Å². The van der Waals surface area contributed by atoms with Crippen LogP contribution in [0, 0.1) is 0 Å². The number of amides is 1. The van der Waals surface area contributed by atoms with Gasteiger partial charge in [-0.2, -0.15) is 0 Å². The largest absolute Gasteiger partial charge is 0.497 e. The fourth-order valence-corrected chi connectivity index (χ4v) is 2.28. The molecule has 0 aliphatic heterocycles. The van der Waals surface area contributed by atoms with Crippen molar-refractivity contribution in [1.82, 2.24) is 5.32 Å². The molecule has 0 saturated heterocycles. The Balaban J connectivity index is 1.75. The van der Waals surface area contributed by atoms with Crippen LogP contribution in [0.25, 0.3) is 0 Å². The van der Waals surface area contributed by atoms with Crippen LogP contribution in [0.5, 0.6) is 5.75 Å². The van der Waals surface area contributed by atoms with Crippen molar-refractivity contribution in [3.8, 4) is 5.75 Å². The van der Waals surface area contributed by atoms with Crippen LogP contribution in [0.3, 0.4) is 0 Å². The first-order valence-electron chi connectivity index (χ1n) is 7.84. The highest BCUT2D eigenvalue weighted by atomic mass is 16.5. The molecule has 0 spiro atoms. The Morgan fingerprint density at radius 1 is 1.04 bits per heavy atom. The van der Waals surface area contributed by atoms with E-state index in [9.17, 15) is 9.59 Å². The predicted octanol–water partition coefficient (Wildman–Crippen LogP) is 2.47. The molecule has 0 aliphatic rings. The van der Waals surface area contributed by atoms with E-state index < -0.39 is 0 Å². The number of nitrogens with one attached hydrogen (secondary N) is 1. The molecule has 1 amide bonds. The molecule has 3 N–H and O–H groups in total. The number of ketones is 1. The molecule has 5 nitrogen and oxygen atoms in total. The first-order valence-corrected chi connectivity index (χ1v) is 7.84. The van der Waals surface area contributed by atoms with Crippen molar-refractivity contribution < 1.29 is 14.3 Å². The van der Waals surface area contributed by atoms with Gasteiger partial charge in [-0.05, 0) is 29.8 Å². The highest BCUT2D eigenvalue weighted by molar-refractivity contribution is 5.98. The van der Waals surface area contributed by atoms with Crippen LogP contribution in [-0.2, 0) is 4.79 Å². The van der Waals surface area contributed by atoms with E-state index in [1.54, 1.807) is 31.4 Å². The number of carbonyl (C=O) groups excluding carboxylic acids is 2. The van der Waals surface area contributed by atoms with E-state index in [4.69, 9.17) is 10.5 Å². The Bertz CT molecular complexity index is 669. The third-order valence-corrected chi connectivity index (χ3v) is 3.74. The number of benzene rings is 2. The monoisotopic (exact) mass is 326 g/mol. The molecule has 2 aromatic rings. The van der Waals surface area contributed by atoms with Gasteiger partial charge in [0.1, 0.15) is 5.75 Å². The molecule has 0 saturated carbocycles. The topological polar surface area (TPSA) is 81.4 Å². The molecule has 0 heterocycles. The molecule has 0 radical (unpaired) electrons. The van der Waals surface area contributed by atoms with Crippen LogP contribution in [0.1, 0.15) is 34.8 Å². The van der Waals surface area contributed by atoms with Crippen LogP contribution in [-0.4, -0.2) is 25.3 Å². The van der Waals surface area contributed by atoms with E-state index in [-0.39, 0.29) is 30.6 Å². The van der Waals surface area contributed by atoms with E-state index >= 15 is 0 Å². The maximum Gasteiger partial charge on any atom is 0.220 e. The van der Waals surface area contributed by atoms with E-state index in [0.717, 1.165) is 5.56 Å². The van der Waals surface area contributed by atoms with Crippen molar-refractivity contribution in [2.75, 3.05) is 13.7 Å². The molecular weight excluding hydrogens is 304 g/mol. The standard InChI is InChI=1S/C19H22N2O3/c1-24-16-9-7-15(8-10-16)18(22)11-12-19(23)21-13-17(20)14-5-3-2-4-6-14/h2-10,17H,11-13,20H2,1H3,(H,21,23). The van der Waals surface area contributed by atoms with Gasteiger partial charge in [0.15, 0.2) is 5.78 Å². The lowest BCUT2D eigenvalue weighted by Gasteiger charge is -2.13. The van der Waals surface area contributed by atoms with Gasteiger partial charge >= 0.3 is 0 Å². The Hall–Kier alpha value is -2.66. The van der Waals surface area contributed by atoms with Crippen LogP contribution < -0.4 is 15.8 Å². The number of nitrogens with two attached hydrogens (primary N) is 1. The van der Waals surface area contributed by atoms with Gasteiger partial charge in [-0.3, -0.25) is 9.59 Å². The van der Waals surface area contributed by atoms with Crippen LogP contribution >= 0.6 is 0 Å². The second kappa shape index (κ2) is 8.84. The van der Waals surface area contributed by atoms with Crippen molar-refractivity contribution >= 4 is 11.7 Å². The van der Waals surface area contributed by atoms with Crippen molar-refractivity contribution in [2.24, 2.45) is 5.73 Å². The number of hydrogen-bond donors (Lipinski definition) is 2. The normalized spacial score (nSPS) is 11.6. The third-order valence-electron chi connectivity index (χ3n) is 3.74. The summed E-state index contributed by atoms with van der Waals surface area (Å²) in [6, 6.07) is 16.2. The molecule has 5 heteroatoms. The fourth-order valence-electron chi connectivity index (χ4n) is 2.28. The minimum absolute atomic E-state index is 0.0693. The van der Waals surface area contributed by atoms with E-state index in [1.165, 1.54) is 0 Å². The molecular formula is C19H22N2O3. The number of hydrogen-bond acceptors (Lipinski definition) is 4. The number of methoxy groups -OCH3 is 1. The Morgan fingerprint density at radius 3 is 2.33 bits per heavy atom. The average molecular weight is 326 g/mol. The first kappa shape index (κ1) is 17.7. The molecule has 2 rings (SSSR count). The molecule has 0 aliphatic carbocycles. The lowest BCUT2D eigenvalue weighted by Crippen LogP contribution is -2.32. The van der Waals surface area contributed by atoms with Crippen molar-refractivity contribution in [2.45, 2.75) is 18.9 Å². The second-order valence-electron chi connectivity index (χ2n) is 5.47. The molecule has 2 aromatic carbocycles. The van der Waals surface area contributed by atoms with E-state index in [1.807, 2.05) is 30.3 Å². The first-order chi connectivity index (χ1) is 11.6. The molecule has 1 unspecified atom stereocenters. The zero-order valence-corrected chi connectivity index (χ0v) is 13.7. The fraction of sp³-hybridized carbons (Fsp3) is 0.263. The summed E-state index contributed by atoms with van der Waals surface area (Å²) in [5, 5.41) is 2.77. The lowest BCUT2D eigenvalue weighted by molar-refractivity contribution is -0.121. The zero-order chi connectivity index (χ0) is 17.4. The Kier molecular flexibility index (Phi) is 6.51. The maximum atomic E-state index is 12.1. The molecule has 1 atom stereocenters. The Labute approximate surface area is 141 Å². The number of Topliss-reactive ketones (excluding diaryl/α,β-unsaturated/α-hetero) is 1. The summed E-state index contributed by atoms with van der Waals surface area (Å²) in [7, 11) is 1.57. The molecule has 126 valence electrons. The summed E-state index contributed by atoms with van der Waals surface area (Å²) >= 11 is 0. The molecule has 24 heavy (non-hydrogen) atoms. The minimum Gasteiger partial charge on any atom is -0.497 e. The summed E-state index contributed by atoms with van der Waals surface area (Å²) in [5.74, 6) is 0.447.